The highest BCUT2D eigenvalue weighted by atomic mass is 16.5. The van der Waals surface area contributed by atoms with Crippen molar-refractivity contribution in [3.63, 3.8) is 0 Å². The molecule has 31 heavy (non-hydrogen) atoms. The van der Waals surface area contributed by atoms with Crippen LogP contribution in [0.3, 0.4) is 0 Å². The molecule has 160 valence electrons. The summed E-state index contributed by atoms with van der Waals surface area (Å²) < 4.78 is 10.7. The van der Waals surface area contributed by atoms with Crippen molar-refractivity contribution >= 4 is 23.3 Å². The van der Waals surface area contributed by atoms with Crippen LogP contribution in [-0.4, -0.2) is 24.3 Å². The Bertz CT molecular complexity index is 1080. The largest absolute Gasteiger partial charge is 0.450 e. The Kier molecular flexibility index (Phi) is 7.03. The highest BCUT2D eigenvalue weighted by Gasteiger charge is 2.17. The Morgan fingerprint density at radius 2 is 1.71 bits per heavy atom. The molecule has 3 aromatic rings. The molecule has 6 nitrogen and oxygen atoms in total. The molecule has 0 aliphatic rings. The lowest BCUT2D eigenvalue weighted by atomic mass is 9.97. The molecule has 0 saturated carbocycles. The Balaban J connectivity index is 1.59. The molecule has 0 unspecified atom stereocenters. The number of furan rings is 1. The molecule has 0 spiro atoms. The van der Waals surface area contributed by atoms with Gasteiger partial charge in [-0.1, -0.05) is 56.3 Å². The van der Waals surface area contributed by atoms with Crippen molar-refractivity contribution in [1.82, 2.24) is 0 Å². The Morgan fingerprint density at radius 1 is 1.00 bits per heavy atom. The van der Waals surface area contributed by atoms with Gasteiger partial charge in [0.05, 0.1) is 0 Å². The summed E-state index contributed by atoms with van der Waals surface area (Å²) in [5.41, 5.74) is 3.07. The highest BCUT2D eigenvalue weighted by Crippen LogP contribution is 2.26. The van der Waals surface area contributed by atoms with Crippen molar-refractivity contribution in [2.75, 3.05) is 11.9 Å². The van der Waals surface area contributed by atoms with Crippen LogP contribution in [0.2, 0.25) is 0 Å². The van der Waals surface area contributed by atoms with Gasteiger partial charge < -0.3 is 14.5 Å². The summed E-state index contributed by atoms with van der Waals surface area (Å²) in [5, 5.41) is 2.80. The van der Waals surface area contributed by atoms with Crippen LogP contribution in [0.25, 0.3) is 11.3 Å². The van der Waals surface area contributed by atoms with Crippen LogP contribution in [0.4, 0.5) is 5.69 Å². The van der Waals surface area contributed by atoms with E-state index in [-0.39, 0.29) is 11.5 Å². The van der Waals surface area contributed by atoms with Crippen molar-refractivity contribution in [2.24, 2.45) is 0 Å². The average Bonchev–Trinajstić information content (AvgIpc) is 3.28. The third kappa shape index (κ3) is 5.48. The van der Waals surface area contributed by atoms with Crippen LogP contribution >= 0.6 is 0 Å². The number of anilines is 1. The molecule has 0 saturated heterocycles. The van der Waals surface area contributed by atoms with Gasteiger partial charge >= 0.3 is 5.97 Å². The van der Waals surface area contributed by atoms with Gasteiger partial charge in [-0.15, -0.1) is 0 Å². The van der Waals surface area contributed by atoms with Crippen LogP contribution in [0.15, 0.2) is 65.1 Å². The number of esters is 1. The summed E-state index contributed by atoms with van der Waals surface area (Å²) in [6, 6.07) is 17.6. The predicted molar refractivity (Wildman–Crippen MR) is 118 cm³/mol. The maximum atomic E-state index is 12.3. The first-order valence-electron chi connectivity index (χ1n) is 10.2. The Morgan fingerprint density at radius 3 is 2.39 bits per heavy atom. The summed E-state index contributed by atoms with van der Waals surface area (Å²) in [6.07, 6.45) is 0.945. The number of para-hydroxylation sites is 1. The standard InChI is InChI=1S/C25H25NO5/c1-4-16(2)20-7-5-6-8-21(20)26-24(28)15-30-25(29)23-14-13-22(31-23)19-11-9-18(10-12-19)17(3)27/h5-14,16H,4,15H2,1-3H3,(H,26,28)/t16-/m1/s1. The van der Waals surface area contributed by atoms with E-state index in [4.69, 9.17) is 9.15 Å². The predicted octanol–water partition coefficient (Wildman–Crippen LogP) is 5.46. The molecule has 3 rings (SSSR count). The van der Waals surface area contributed by atoms with Crippen LogP contribution in [0.1, 0.15) is 59.6 Å². The third-order valence-corrected chi connectivity index (χ3v) is 5.10. The van der Waals surface area contributed by atoms with E-state index in [1.54, 1.807) is 30.3 Å². The first-order chi connectivity index (χ1) is 14.9. The fourth-order valence-electron chi connectivity index (χ4n) is 3.12. The number of nitrogens with one attached hydrogen (secondary N) is 1. The number of Topliss-reactive ketones (excluding diaryl/α,β-unsaturated/α-hetero) is 1. The van der Waals surface area contributed by atoms with Gasteiger partial charge in [0, 0.05) is 16.8 Å². The summed E-state index contributed by atoms with van der Waals surface area (Å²) in [4.78, 5) is 35.9. The van der Waals surface area contributed by atoms with Gasteiger partial charge in [0.15, 0.2) is 12.4 Å². The molecule has 2 aromatic carbocycles. The Hall–Kier alpha value is -3.67. The van der Waals surface area contributed by atoms with E-state index in [1.807, 2.05) is 24.3 Å². The number of rotatable bonds is 8. The number of hydrogen-bond acceptors (Lipinski definition) is 5. The zero-order valence-corrected chi connectivity index (χ0v) is 17.8. The van der Waals surface area contributed by atoms with Crippen molar-refractivity contribution in [3.05, 3.63) is 77.6 Å². The van der Waals surface area contributed by atoms with Gasteiger partial charge in [-0.25, -0.2) is 4.79 Å². The first-order valence-corrected chi connectivity index (χ1v) is 10.2. The van der Waals surface area contributed by atoms with Crippen LogP contribution < -0.4 is 5.32 Å². The van der Waals surface area contributed by atoms with Crippen molar-refractivity contribution in [3.8, 4) is 11.3 Å². The van der Waals surface area contributed by atoms with E-state index in [2.05, 4.69) is 19.2 Å². The zero-order valence-electron chi connectivity index (χ0n) is 17.8. The number of hydrogen-bond donors (Lipinski definition) is 1. The second-order valence-electron chi connectivity index (χ2n) is 7.32. The van der Waals surface area contributed by atoms with E-state index in [1.165, 1.54) is 13.0 Å². The normalized spacial score (nSPS) is 11.6. The quantitative estimate of drug-likeness (QED) is 0.387. The fraction of sp³-hybridized carbons (Fsp3) is 0.240. The molecule has 1 heterocycles. The number of carbonyl (C=O) groups excluding carboxylic acids is 3. The minimum atomic E-state index is -0.725. The molecule has 6 heteroatoms. The van der Waals surface area contributed by atoms with E-state index in [0.29, 0.717) is 22.9 Å². The molecule has 1 aromatic heterocycles. The molecule has 1 atom stereocenters. The van der Waals surface area contributed by atoms with E-state index >= 15 is 0 Å². The molecule has 0 radical (unpaired) electrons. The number of carbonyl (C=O) groups is 3. The van der Waals surface area contributed by atoms with Crippen molar-refractivity contribution in [1.29, 1.82) is 0 Å². The number of benzene rings is 2. The van der Waals surface area contributed by atoms with Gasteiger partial charge in [-0.2, -0.15) is 0 Å². The molecular formula is C25H25NO5. The Labute approximate surface area is 181 Å². The molecule has 0 aliphatic carbocycles. The molecular weight excluding hydrogens is 394 g/mol. The minimum Gasteiger partial charge on any atom is -0.450 e. The van der Waals surface area contributed by atoms with Crippen LogP contribution in [0.5, 0.6) is 0 Å². The second-order valence-corrected chi connectivity index (χ2v) is 7.32. The van der Waals surface area contributed by atoms with E-state index in [0.717, 1.165) is 17.5 Å². The molecule has 0 bridgehead atoms. The highest BCUT2D eigenvalue weighted by molar-refractivity contribution is 5.96. The van der Waals surface area contributed by atoms with Crippen molar-refractivity contribution in [2.45, 2.75) is 33.1 Å². The monoisotopic (exact) mass is 419 g/mol. The summed E-state index contributed by atoms with van der Waals surface area (Å²) in [5.74, 6) is -0.412. The topological polar surface area (TPSA) is 85.6 Å². The zero-order chi connectivity index (χ0) is 22.4. The maximum Gasteiger partial charge on any atom is 0.374 e. The number of ketones is 1. The summed E-state index contributed by atoms with van der Waals surface area (Å²) >= 11 is 0. The van der Waals surface area contributed by atoms with Gasteiger partial charge in [-0.3, -0.25) is 9.59 Å². The molecule has 0 aliphatic heterocycles. The maximum absolute atomic E-state index is 12.3. The second kappa shape index (κ2) is 9.89. The lowest BCUT2D eigenvalue weighted by molar-refractivity contribution is -0.119. The third-order valence-electron chi connectivity index (χ3n) is 5.10. The van der Waals surface area contributed by atoms with E-state index < -0.39 is 18.5 Å². The van der Waals surface area contributed by atoms with Gasteiger partial charge in [-0.05, 0) is 43.0 Å². The van der Waals surface area contributed by atoms with E-state index in [9.17, 15) is 14.4 Å². The lowest BCUT2D eigenvalue weighted by Gasteiger charge is -2.15. The summed E-state index contributed by atoms with van der Waals surface area (Å²) in [7, 11) is 0. The number of amides is 1. The van der Waals surface area contributed by atoms with Gasteiger partial charge in [0.2, 0.25) is 5.76 Å². The smallest absolute Gasteiger partial charge is 0.374 e. The lowest BCUT2D eigenvalue weighted by Crippen LogP contribution is -2.21. The molecule has 1 N–H and O–H groups in total. The SMILES string of the molecule is CC[C@@H](C)c1ccccc1NC(=O)COC(=O)c1ccc(-c2ccc(C(C)=O)cc2)o1. The van der Waals surface area contributed by atoms with Gasteiger partial charge in [0.1, 0.15) is 5.76 Å². The minimum absolute atomic E-state index is 0.00144. The van der Waals surface area contributed by atoms with Crippen LogP contribution in [0, 0.1) is 0 Å². The summed E-state index contributed by atoms with van der Waals surface area (Å²) in [6.45, 7) is 5.25. The number of ether oxygens (including phenoxy) is 1. The first kappa shape index (κ1) is 22.0. The average molecular weight is 419 g/mol. The van der Waals surface area contributed by atoms with Crippen LogP contribution in [-0.2, 0) is 9.53 Å². The van der Waals surface area contributed by atoms with Gasteiger partial charge in [0.25, 0.3) is 5.91 Å². The fourth-order valence-corrected chi connectivity index (χ4v) is 3.12. The molecule has 1 amide bonds. The van der Waals surface area contributed by atoms with Crippen molar-refractivity contribution < 1.29 is 23.5 Å². The molecule has 0 fully saturated rings.